The highest BCUT2D eigenvalue weighted by Crippen LogP contribution is 2.44. The number of hydrogen-bond acceptors (Lipinski definition) is 6. The average Bonchev–Trinajstić information content (AvgIpc) is 2.54. The van der Waals surface area contributed by atoms with Crippen LogP contribution in [0.2, 0.25) is 0 Å². The van der Waals surface area contributed by atoms with Crippen molar-refractivity contribution in [2.24, 2.45) is 0 Å². The fourth-order valence-electron chi connectivity index (χ4n) is 1.78. The first-order valence-corrected chi connectivity index (χ1v) is 8.32. The average molecular weight is 329 g/mol. The topological polar surface area (TPSA) is 90.9 Å². The maximum Gasteiger partial charge on any atom is 0.407 e. The lowest BCUT2D eigenvalue weighted by atomic mass is 10.1. The van der Waals surface area contributed by atoms with Gasteiger partial charge in [0.2, 0.25) is 0 Å². The molecule has 1 aromatic carbocycles. The zero-order valence-electron chi connectivity index (χ0n) is 12.8. The molecule has 0 spiro atoms. The highest BCUT2D eigenvalue weighted by atomic mass is 31.2. The van der Waals surface area contributed by atoms with Crippen molar-refractivity contribution >= 4 is 19.2 Å². The minimum absolute atomic E-state index is 0.168. The Balaban J connectivity index is 2.97. The summed E-state index contributed by atoms with van der Waals surface area (Å²) >= 11 is 0. The summed E-state index contributed by atoms with van der Waals surface area (Å²) in [6, 6.07) is 8.09. The van der Waals surface area contributed by atoms with E-state index < -0.39 is 25.2 Å². The van der Waals surface area contributed by atoms with Gasteiger partial charge in [0.1, 0.15) is 6.04 Å². The van der Waals surface area contributed by atoms with Gasteiger partial charge in [0.05, 0.1) is 13.7 Å². The molecule has 0 fully saturated rings. The van der Waals surface area contributed by atoms with Crippen molar-refractivity contribution in [3.63, 3.8) is 0 Å². The van der Waals surface area contributed by atoms with E-state index in [4.69, 9.17) is 9.26 Å². The number of rotatable bonds is 8. The van der Waals surface area contributed by atoms with Gasteiger partial charge in [-0.05, 0) is 18.9 Å². The molecule has 0 saturated carbocycles. The monoisotopic (exact) mass is 329 g/mol. The molecule has 0 aliphatic carbocycles. The van der Waals surface area contributed by atoms with E-state index in [0.717, 1.165) is 19.8 Å². The molecule has 0 aromatic heterocycles. The molecular formula is C14H20NO6P. The third kappa shape index (κ3) is 4.94. The molecule has 1 unspecified atom stereocenters. The molecule has 0 radical (unpaired) electrons. The summed E-state index contributed by atoms with van der Waals surface area (Å²) < 4.78 is 26.6. The maximum atomic E-state index is 12.4. The van der Waals surface area contributed by atoms with Crippen LogP contribution in [0, 0.1) is 0 Å². The van der Waals surface area contributed by atoms with Crippen LogP contribution in [0.5, 0.6) is 0 Å². The molecule has 0 aliphatic rings. The molecular weight excluding hydrogens is 309 g/mol. The van der Waals surface area contributed by atoms with Crippen LogP contribution in [0.25, 0.3) is 0 Å². The fraction of sp³-hybridized carbons (Fsp3) is 0.429. The van der Waals surface area contributed by atoms with Crippen LogP contribution >= 0.6 is 7.52 Å². The van der Waals surface area contributed by atoms with E-state index in [-0.39, 0.29) is 13.0 Å². The van der Waals surface area contributed by atoms with Gasteiger partial charge in [-0.3, -0.25) is 9.36 Å². The maximum absolute atomic E-state index is 12.4. The van der Waals surface area contributed by atoms with Gasteiger partial charge in [-0.2, -0.15) is 0 Å². The van der Waals surface area contributed by atoms with Crippen molar-refractivity contribution in [1.82, 2.24) is 5.09 Å². The molecule has 1 rings (SSSR count). The lowest BCUT2D eigenvalue weighted by molar-refractivity contribution is -0.145. The summed E-state index contributed by atoms with van der Waals surface area (Å²) in [4.78, 5) is 23.6. The van der Waals surface area contributed by atoms with E-state index in [0.29, 0.717) is 0 Å². The summed E-state index contributed by atoms with van der Waals surface area (Å²) in [5.74, 6) is -0.618. The Morgan fingerprint density at radius 1 is 1.23 bits per heavy atom. The third-order valence-electron chi connectivity index (χ3n) is 2.85. The van der Waals surface area contributed by atoms with Gasteiger partial charge in [-0.25, -0.2) is 9.88 Å². The smallest absolute Gasteiger partial charge is 0.407 e. The highest BCUT2D eigenvalue weighted by Gasteiger charge is 2.38. The van der Waals surface area contributed by atoms with E-state index in [1.54, 1.807) is 6.92 Å². The number of nitrogens with one attached hydrogen (secondary N) is 1. The van der Waals surface area contributed by atoms with E-state index in [9.17, 15) is 14.2 Å². The molecule has 8 heteroatoms. The Kier molecular flexibility index (Phi) is 7.24. The van der Waals surface area contributed by atoms with Crippen molar-refractivity contribution in [1.29, 1.82) is 0 Å². The largest absolute Gasteiger partial charge is 0.465 e. The highest BCUT2D eigenvalue weighted by molar-refractivity contribution is 7.73. The van der Waals surface area contributed by atoms with Gasteiger partial charge in [-0.1, -0.05) is 30.3 Å². The normalized spacial score (nSPS) is 14.7. The van der Waals surface area contributed by atoms with Gasteiger partial charge >= 0.3 is 19.2 Å². The number of hydrogen-bond donors (Lipinski definition) is 1. The van der Waals surface area contributed by atoms with Gasteiger partial charge in [0.25, 0.3) is 0 Å². The Bertz CT molecular complexity index is 548. The second kappa shape index (κ2) is 8.68. The molecule has 7 nitrogen and oxygen atoms in total. The van der Waals surface area contributed by atoms with E-state index in [1.165, 1.54) is 0 Å². The summed E-state index contributed by atoms with van der Waals surface area (Å²) in [7, 11) is -1.78. The molecule has 0 bridgehead atoms. The van der Waals surface area contributed by atoms with Crippen molar-refractivity contribution in [3.8, 4) is 0 Å². The predicted molar refractivity (Wildman–Crippen MR) is 80.7 cm³/mol. The van der Waals surface area contributed by atoms with Crippen LogP contribution in [-0.4, -0.2) is 38.5 Å². The van der Waals surface area contributed by atoms with Crippen molar-refractivity contribution < 1.29 is 28.2 Å². The molecule has 0 amide bonds. The Labute approximate surface area is 129 Å². The molecule has 0 heterocycles. The number of methoxy groups -OCH3 is 1. The molecule has 122 valence electrons. The minimum atomic E-state index is -3.97. The number of benzene rings is 1. The molecule has 22 heavy (non-hydrogen) atoms. The fourth-order valence-corrected chi connectivity index (χ4v) is 2.99. The van der Waals surface area contributed by atoms with Crippen LogP contribution in [0.3, 0.4) is 0 Å². The molecule has 1 aromatic rings. The Morgan fingerprint density at radius 3 is 2.36 bits per heavy atom. The van der Waals surface area contributed by atoms with E-state index in [1.807, 2.05) is 30.3 Å². The lowest BCUT2D eigenvalue weighted by Gasteiger charge is -2.21. The molecule has 1 N–H and O–H groups in total. The van der Waals surface area contributed by atoms with E-state index in [2.05, 4.69) is 9.82 Å². The zero-order chi connectivity index (χ0) is 16.6. The van der Waals surface area contributed by atoms with E-state index >= 15 is 0 Å². The predicted octanol–water partition coefficient (Wildman–Crippen LogP) is 2.36. The minimum Gasteiger partial charge on any atom is -0.465 e. The Hall–Kier alpha value is -1.69. The first-order valence-electron chi connectivity index (χ1n) is 6.69. The van der Waals surface area contributed by atoms with Gasteiger partial charge < -0.3 is 14.0 Å². The van der Waals surface area contributed by atoms with Crippen LogP contribution in [-0.2, 0) is 29.8 Å². The first-order chi connectivity index (χ1) is 10.5. The second-order valence-corrected chi connectivity index (χ2v) is 6.42. The van der Waals surface area contributed by atoms with Crippen molar-refractivity contribution in [2.75, 3.05) is 20.8 Å². The SMILES string of the molecule is CCOC(=O)[C@H](Cc1ccccc1)NP(=O)(OC)C(=O)OC. The Morgan fingerprint density at radius 2 is 1.86 bits per heavy atom. The first kappa shape index (κ1) is 18.4. The number of ether oxygens (including phenoxy) is 2. The summed E-state index contributed by atoms with van der Waals surface area (Å²) in [5.41, 5.74) is -0.238. The van der Waals surface area contributed by atoms with Gasteiger partial charge in [0.15, 0.2) is 0 Å². The van der Waals surface area contributed by atoms with Crippen molar-refractivity contribution in [2.45, 2.75) is 19.4 Å². The number of carbonyl (C=O) groups is 2. The number of carbonyl (C=O) groups excluding carboxylic acids is 2. The standard InChI is InChI=1S/C14H20NO6P/c1-4-21-13(16)12(10-11-8-6-5-7-9-11)15-22(18,20-3)14(17)19-2/h5-9,12H,4,10H2,1-3H3,(H,15,18)/t12-,22?/m0/s1. The second-order valence-electron chi connectivity index (χ2n) is 4.33. The zero-order valence-corrected chi connectivity index (χ0v) is 13.7. The number of esters is 1. The van der Waals surface area contributed by atoms with Crippen LogP contribution in [0.4, 0.5) is 4.79 Å². The summed E-state index contributed by atoms with van der Waals surface area (Å²) in [6.45, 7) is 1.83. The molecule has 0 saturated heterocycles. The van der Waals surface area contributed by atoms with Crippen LogP contribution < -0.4 is 5.09 Å². The summed E-state index contributed by atoms with van der Waals surface area (Å²) in [5, 5.41) is 2.45. The third-order valence-corrected chi connectivity index (χ3v) is 4.68. The van der Waals surface area contributed by atoms with Gasteiger partial charge in [-0.15, -0.1) is 0 Å². The quantitative estimate of drug-likeness (QED) is 0.578. The van der Waals surface area contributed by atoms with Crippen molar-refractivity contribution in [3.05, 3.63) is 35.9 Å². The van der Waals surface area contributed by atoms with Crippen LogP contribution in [0.15, 0.2) is 30.3 Å². The lowest BCUT2D eigenvalue weighted by Crippen LogP contribution is -2.39. The molecule has 2 atom stereocenters. The van der Waals surface area contributed by atoms with Crippen LogP contribution in [0.1, 0.15) is 12.5 Å². The molecule has 0 aliphatic heterocycles. The van der Waals surface area contributed by atoms with Gasteiger partial charge in [0, 0.05) is 7.11 Å². The summed E-state index contributed by atoms with van der Waals surface area (Å²) in [6.07, 6.45) is 0.198.